The lowest BCUT2D eigenvalue weighted by molar-refractivity contribution is 0.00935. The van der Waals surface area contributed by atoms with Crippen LogP contribution < -0.4 is 4.74 Å². The highest BCUT2D eigenvalue weighted by Crippen LogP contribution is 2.33. The lowest BCUT2D eigenvalue weighted by atomic mass is 10.1. The number of terminal acetylenes is 1. The third-order valence-corrected chi connectivity index (χ3v) is 6.07. The fourth-order valence-electron chi connectivity index (χ4n) is 4.34. The van der Waals surface area contributed by atoms with Crippen molar-refractivity contribution >= 4 is 0 Å². The minimum absolute atomic E-state index is 0.0298. The third kappa shape index (κ3) is 7.14. The van der Waals surface area contributed by atoms with Gasteiger partial charge in [-0.2, -0.15) is 5.10 Å². The molecule has 1 aliphatic rings. The number of halogens is 2. The molecule has 7 nitrogen and oxygen atoms in total. The maximum Gasteiger partial charge on any atom is 0.227 e. The molecule has 0 radical (unpaired) electrons. The molecule has 1 aliphatic heterocycles. The van der Waals surface area contributed by atoms with Crippen molar-refractivity contribution in [1.82, 2.24) is 14.7 Å². The number of aromatic nitrogens is 2. The maximum atomic E-state index is 14.6. The summed E-state index contributed by atoms with van der Waals surface area (Å²) in [6.45, 7) is 3.99. The Morgan fingerprint density at radius 1 is 1.27 bits per heavy atom. The molecule has 0 spiro atoms. The zero-order valence-electron chi connectivity index (χ0n) is 20.8. The molecule has 1 fully saturated rings. The number of ether oxygens (including phenoxy) is 3. The summed E-state index contributed by atoms with van der Waals surface area (Å²) in [7, 11) is 0. The number of aryl methyl sites for hydroxylation is 1. The van der Waals surface area contributed by atoms with Crippen molar-refractivity contribution in [3.05, 3.63) is 71.4 Å². The van der Waals surface area contributed by atoms with Crippen molar-refractivity contribution in [2.45, 2.75) is 38.5 Å². The van der Waals surface area contributed by atoms with Gasteiger partial charge in [-0.3, -0.25) is 4.90 Å². The van der Waals surface area contributed by atoms with Gasteiger partial charge in [0.05, 0.1) is 35.8 Å². The predicted molar refractivity (Wildman–Crippen MR) is 135 cm³/mol. The summed E-state index contributed by atoms with van der Waals surface area (Å²) in [5.41, 5.74) is 2.11. The molecule has 1 aromatic heterocycles. The Hall–Kier alpha value is -3.29. The number of hydrogen-bond acceptors (Lipinski definition) is 6. The van der Waals surface area contributed by atoms with Crippen molar-refractivity contribution in [1.29, 1.82) is 0 Å². The van der Waals surface area contributed by atoms with Crippen LogP contribution in [0.25, 0.3) is 5.69 Å². The SMILES string of the molecule is C#CCOCC(O)CN(Cc1c(C)nn(-c2ccccc2)c1Oc1ccc(F)cc1F)CC1CCCO1. The van der Waals surface area contributed by atoms with Gasteiger partial charge in [0.1, 0.15) is 12.4 Å². The Labute approximate surface area is 215 Å². The highest BCUT2D eigenvalue weighted by molar-refractivity contribution is 5.43. The van der Waals surface area contributed by atoms with Gasteiger partial charge in [-0.15, -0.1) is 6.42 Å². The van der Waals surface area contributed by atoms with Crippen molar-refractivity contribution in [2.24, 2.45) is 0 Å². The molecule has 0 saturated carbocycles. The first-order valence-corrected chi connectivity index (χ1v) is 12.2. The molecule has 0 amide bonds. The quantitative estimate of drug-likeness (QED) is 0.290. The van der Waals surface area contributed by atoms with Crippen LogP contribution in [0.2, 0.25) is 0 Å². The summed E-state index contributed by atoms with van der Waals surface area (Å²) in [4.78, 5) is 2.05. The summed E-state index contributed by atoms with van der Waals surface area (Å²) in [5.74, 6) is 1.07. The Morgan fingerprint density at radius 2 is 2.08 bits per heavy atom. The van der Waals surface area contributed by atoms with E-state index in [1.54, 1.807) is 4.68 Å². The van der Waals surface area contributed by atoms with E-state index in [-0.39, 0.29) is 25.1 Å². The van der Waals surface area contributed by atoms with E-state index < -0.39 is 17.7 Å². The van der Waals surface area contributed by atoms with Gasteiger partial charge in [0.2, 0.25) is 5.88 Å². The van der Waals surface area contributed by atoms with Gasteiger partial charge in [0.15, 0.2) is 11.6 Å². The second kappa shape index (κ2) is 12.8. The summed E-state index contributed by atoms with van der Waals surface area (Å²) < 4.78 is 46.9. The van der Waals surface area contributed by atoms with Crippen LogP contribution in [0, 0.1) is 30.9 Å². The summed E-state index contributed by atoms with van der Waals surface area (Å²) in [5, 5.41) is 15.3. The average Bonchev–Trinajstić information content (AvgIpc) is 3.50. The van der Waals surface area contributed by atoms with Crippen LogP contribution in [-0.4, -0.2) is 64.9 Å². The Balaban J connectivity index is 1.66. The van der Waals surface area contributed by atoms with Gasteiger partial charge < -0.3 is 19.3 Å². The molecule has 1 saturated heterocycles. The van der Waals surface area contributed by atoms with Gasteiger partial charge in [0, 0.05) is 32.3 Å². The molecule has 37 heavy (non-hydrogen) atoms. The molecular weight excluding hydrogens is 480 g/mol. The van der Waals surface area contributed by atoms with E-state index in [2.05, 4.69) is 11.0 Å². The monoisotopic (exact) mass is 511 g/mol. The Bertz CT molecular complexity index is 1210. The standard InChI is InChI=1S/C28H31F2N3O4/c1-3-13-35-19-23(34)16-32(17-24-10-7-14-36-24)18-25-20(2)31-33(22-8-5-4-6-9-22)28(25)37-27-12-11-21(29)15-26(27)30/h1,4-6,8-9,11-12,15,23-24,34H,7,10,13-14,16-19H2,2H3. The van der Waals surface area contributed by atoms with E-state index in [1.807, 2.05) is 42.2 Å². The van der Waals surface area contributed by atoms with Crippen LogP contribution in [0.15, 0.2) is 48.5 Å². The molecule has 0 bridgehead atoms. The summed E-state index contributed by atoms with van der Waals surface area (Å²) in [6, 6.07) is 12.5. The van der Waals surface area contributed by atoms with Crippen molar-refractivity contribution in [3.63, 3.8) is 0 Å². The van der Waals surface area contributed by atoms with Crippen LogP contribution in [0.1, 0.15) is 24.1 Å². The van der Waals surface area contributed by atoms with E-state index in [4.69, 9.17) is 20.6 Å². The number of nitrogens with zero attached hydrogens (tertiary/aromatic N) is 3. The summed E-state index contributed by atoms with van der Waals surface area (Å²) in [6.07, 6.45) is 6.39. The molecule has 3 aromatic rings. The van der Waals surface area contributed by atoms with Gasteiger partial charge in [-0.1, -0.05) is 24.1 Å². The van der Waals surface area contributed by atoms with E-state index in [1.165, 1.54) is 6.07 Å². The molecule has 196 valence electrons. The number of hydrogen-bond donors (Lipinski definition) is 1. The van der Waals surface area contributed by atoms with E-state index in [9.17, 15) is 13.9 Å². The van der Waals surface area contributed by atoms with Crippen molar-refractivity contribution in [3.8, 4) is 29.7 Å². The van der Waals surface area contributed by atoms with Crippen LogP contribution in [0.3, 0.4) is 0 Å². The number of benzene rings is 2. The lowest BCUT2D eigenvalue weighted by Gasteiger charge is -2.27. The smallest absolute Gasteiger partial charge is 0.227 e. The first kappa shape index (κ1) is 26.8. The van der Waals surface area contributed by atoms with Crippen LogP contribution in [0.5, 0.6) is 11.6 Å². The molecule has 9 heteroatoms. The zero-order chi connectivity index (χ0) is 26.2. The maximum absolute atomic E-state index is 14.6. The van der Waals surface area contributed by atoms with Gasteiger partial charge >= 0.3 is 0 Å². The second-order valence-electron chi connectivity index (χ2n) is 9.00. The number of para-hydroxylation sites is 1. The molecule has 2 aromatic carbocycles. The highest BCUT2D eigenvalue weighted by Gasteiger charge is 2.26. The molecule has 2 unspecified atom stereocenters. The number of rotatable bonds is 12. The summed E-state index contributed by atoms with van der Waals surface area (Å²) >= 11 is 0. The minimum Gasteiger partial charge on any atom is -0.435 e. The van der Waals surface area contributed by atoms with Crippen LogP contribution in [-0.2, 0) is 16.0 Å². The van der Waals surface area contributed by atoms with Gasteiger partial charge in [-0.05, 0) is 44.0 Å². The topological polar surface area (TPSA) is 69.0 Å². The fourth-order valence-corrected chi connectivity index (χ4v) is 4.34. The first-order valence-electron chi connectivity index (χ1n) is 12.2. The van der Waals surface area contributed by atoms with E-state index in [0.29, 0.717) is 43.4 Å². The van der Waals surface area contributed by atoms with E-state index >= 15 is 0 Å². The molecule has 2 atom stereocenters. The fraction of sp³-hybridized carbons (Fsp3) is 0.393. The van der Waals surface area contributed by atoms with Gasteiger partial charge in [-0.25, -0.2) is 13.5 Å². The normalized spacial score (nSPS) is 16.2. The number of aliphatic hydroxyl groups is 1. The molecule has 0 aliphatic carbocycles. The van der Waals surface area contributed by atoms with Crippen LogP contribution in [0.4, 0.5) is 8.78 Å². The van der Waals surface area contributed by atoms with Crippen LogP contribution >= 0.6 is 0 Å². The van der Waals surface area contributed by atoms with Gasteiger partial charge in [0.25, 0.3) is 0 Å². The first-order chi connectivity index (χ1) is 17.9. The van der Waals surface area contributed by atoms with E-state index in [0.717, 1.165) is 30.7 Å². The second-order valence-corrected chi connectivity index (χ2v) is 9.00. The largest absolute Gasteiger partial charge is 0.435 e. The minimum atomic E-state index is -0.818. The molecule has 2 heterocycles. The highest BCUT2D eigenvalue weighted by atomic mass is 19.1. The molecule has 4 rings (SSSR count). The third-order valence-electron chi connectivity index (χ3n) is 6.07. The lowest BCUT2D eigenvalue weighted by Crippen LogP contribution is -2.39. The predicted octanol–water partition coefficient (Wildman–Crippen LogP) is 4.24. The molecular formula is C28H31F2N3O4. The Morgan fingerprint density at radius 3 is 2.78 bits per heavy atom. The molecule has 1 N–H and O–H groups in total. The zero-order valence-corrected chi connectivity index (χ0v) is 20.8. The number of aliphatic hydroxyl groups excluding tert-OH is 1. The Kier molecular flexibility index (Phi) is 9.25. The average molecular weight is 512 g/mol. The van der Waals surface area contributed by atoms with Crippen molar-refractivity contribution < 1.29 is 28.1 Å². The van der Waals surface area contributed by atoms with Crippen molar-refractivity contribution in [2.75, 3.05) is 32.9 Å².